The normalized spacial score (nSPS) is 12.1. The van der Waals surface area contributed by atoms with Gasteiger partial charge in [-0.25, -0.2) is 0 Å². The number of rotatable bonds is 5. The lowest BCUT2D eigenvalue weighted by atomic mass is 10.2. The summed E-state index contributed by atoms with van der Waals surface area (Å²) >= 11 is 1.55. The van der Waals surface area contributed by atoms with Crippen LogP contribution in [0.3, 0.4) is 0 Å². The highest BCUT2D eigenvalue weighted by molar-refractivity contribution is 7.14. The number of esters is 1. The van der Waals surface area contributed by atoms with E-state index in [1.165, 1.54) is 7.11 Å². The Balaban J connectivity index is 2.21. The van der Waals surface area contributed by atoms with E-state index < -0.39 is 12.1 Å². The van der Waals surface area contributed by atoms with E-state index in [0.717, 1.165) is 5.00 Å². The first-order valence-corrected chi connectivity index (χ1v) is 5.12. The Morgan fingerprint density at radius 1 is 1.79 bits per heavy atom. The quantitative estimate of drug-likeness (QED) is 0.722. The first kappa shape index (κ1) is 11.0. The number of carbonyl (C=O) groups is 1. The first-order chi connectivity index (χ1) is 6.72. The molecule has 1 aromatic heterocycles. The molecule has 14 heavy (non-hydrogen) atoms. The molecular formula is C9H13NO3S. The van der Waals surface area contributed by atoms with Crippen LogP contribution in [0.5, 0.6) is 0 Å². The molecule has 0 saturated heterocycles. The van der Waals surface area contributed by atoms with Gasteiger partial charge in [0.25, 0.3) is 0 Å². The van der Waals surface area contributed by atoms with E-state index in [9.17, 15) is 9.90 Å². The Morgan fingerprint density at radius 2 is 2.57 bits per heavy atom. The van der Waals surface area contributed by atoms with Crippen molar-refractivity contribution in [2.24, 2.45) is 0 Å². The molecule has 0 fully saturated rings. The summed E-state index contributed by atoms with van der Waals surface area (Å²) in [6, 6.07) is 3.83. The predicted molar refractivity (Wildman–Crippen MR) is 55.4 cm³/mol. The monoisotopic (exact) mass is 215 g/mol. The number of aliphatic hydroxyl groups is 1. The van der Waals surface area contributed by atoms with Crippen molar-refractivity contribution in [3.05, 3.63) is 17.5 Å². The molecular weight excluding hydrogens is 202 g/mol. The summed E-state index contributed by atoms with van der Waals surface area (Å²) in [6.45, 7) is 0.357. The fraction of sp³-hybridized carbons (Fsp3) is 0.444. The standard InChI is InChI=1S/C9H13NO3S/c1-13-9(12)5-7(11)6-10-8-3-2-4-14-8/h2-4,7,10-11H,5-6H2,1H3. The highest BCUT2D eigenvalue weighted by Gasteiger charge is 2.10. The van der Waals surface area contributed by atoms with Crippen molar-refractivity contribution < 1.29 is 14.6 Å². The van der Waals surface area contributed by atoms with E-state index >= 15 is 0 Å². The Kier molecular flexibility index (Phi) is 4.42. The smallest absolute Gasteiger partial charge is 0.308 e. The van der Waals surface area contributed by atoms with E-state index in [-0.39, 0.29) is 6.42 Å². The van der Waals surface area contributed by atoms with Crippen LogP contribution in [0.2, 0.25) is 0 Å². The van der Waals surface area contributed by atoms with Gasteiger partial charge in [0.05, 0.1) is 24.6 Å². The molecule has 5 heteroatoms. The van der Waals surface area contributed by atoms with Crippen LogP contribution in [0.15, 0.2) is 17.5 Å². The second-order valence-electron chi connectivity index (χ2n) is 2.79. The second-order valence-corrected chi connectivity index (χ2v) is 3.74. The molecule has 0 bridgehead atoms. The van der Waals surface area contributed by atoms with Gasteiger partial charge in [0, 0.05) is 6.54 Å². The molecule has 78 valence electrons. The lowest BCUT2D eigenvalue weighted by Crippen LogP contribution is -2.23. The van der Waals surface area contributed by atoms with Gasteiger partial charge in [-0.2, -0.15) is 0 Å². The Bertz CT molecular complexity index is 274. The molecule has 0 aromatic carbocycles. The number of methoxy groups -OCH3 is 1. The molecule has 0 amide bonds. The van der Waals surface area contributed by atoms with Gasteiger partial charge in [-0.05, 0) is 17.5 Å². The van der Waals surface area contributed by atoms with Crippen molar-refractivity contribution in [1.29, 1.82) is 0 Å². The van der Waals surface area contributed by atoms with E-state index in [1.54, 1.807) is 11.3 Å². The minimum absolute atomic E-state index is 0.0227. The lowest BCUT2D eigenvalue weighted by Gasteiger charge is -2.09. The number of ether oxygens (including phenoxy) is 1. The molecule has 1 rings (SSSR count). The van der Waals surface area contributed by atoms with Crippen molar-refractivity contribution in [1.82, 2.24) is 0 Å². The Hall–Kier alpha value is -1.07. The second kappa shape index (κ2) is 5.62. The van der Waals surface area contributed by atoms with Crippen LogP contribution in [0.25, 0.3) is 0 Å². The summed E-state index contributed by atoms with van der Waals surface area (Å²) in [4.78, 5) is 10.8. The van der Waals surface area contributed by atoms with Crippen LogP contribution in [0.1, 0.15) is 6.42 Å². The van der Waals surface area contributed by atoms with Crippen molar-refractivity contribution in [2.45, 2.75) is 12.5 Å². The molecule has 1 atom stereocenters. The molecule has 1 heterocycles. The summed E-state index contributed by atoms with van der Waals surface area (Å²) < 4.78 is 4.43. The average Bonchev–Trinajstić information content (AvgIpc) is 2.67. The van der Waals surface area contributed by atoms with E-state index in [4.69, 9.17) is 0 Å². The number of hydrogen-bond acceptors (Lipinski definition) is 5. The Labute approximate surface area is 86.5 Å². The van der Waals surface area contributed by atoms with Crippen LogP contribution in [0, 0.1) is 0 Å². The van der Waals surface area contributed by atoms with Crippen molar-refractivity contribution in [2.75, 3.05) is 19.0 Å². The number of anilines is 1. The molecule has 4 nitrogen and oxygen atoms in total. The molecule has 0 aliphatic carbocycles. The van der Waals surface area contributed by atoms with Crippen molar-refractivity contribution >= 4 is 22.3 Å². The number of thiophene rings is 1. The minimum Gasteiger partial charge on any atom is -0.469 e. The van der Waals surface area contributed by atoms with Crippen LogP contribution < -0.4 is 5.32 Å². The summed E-state index contributed by atoms with van der Waals surface area (Å²) in [7, 11) is 1.31. The topological polar surface area (TPSA) is 58.6 Å². The maximum Gasteiger partial charge on any atom is 0.308 e. The highest BCUT2D eigenvalue weighted by Crippen LogP contribution is 2.14. The largest absolute Gasteiger partial charge is 0.469 e. The minimum atomic E-state index is -0.704. The maximum atomic E-state index is 10.8. The number of carbonyl (C=O) groups excluding carboxylic acids is 1. The zero-order valence-corrected chi connectivity index (χ0v) is 8.71. The molecule has 0 radical (unpaired) electrons. The molecule has 0 spiro atoms. The fourth-order valence-electron chi connectivity index (χ4n) is 0.945. The molecule has 1 unspecified atom stereocenters. The third-order valence-electron chi connectivity index (χ3n) is 1.66. The molecule has 0 aliphatic heterocycles. The molecule has 0 aliphatic rings. The zero-order chi connectivity index (χ0) is 10.4. The van der Waals surface area contributed by atoms with Crippen LogP contribution in [-0.4, -0.2) is 30.8 Å². The van der Waals surface area contributed by atoms with E-state index in [1.807, 2.05) is 17.5 Å². The Morgan fingerprint density at radius 3 is 3.14 bits per heavy atom. The SMILES string of the molecule is COC(=O)CC(O)CNc1cccs1. The van der Waals surface area contributed by atoms with Crippen LogP contribution >= 0.6 is 11.3 Å². The van der Waals surface area contributed by atoms with Crippen molar-refractivity contribution in [3.8, 4) is 0 Å². The van der Waals surface area contributed by atoms with Gasteiger partial charge in [-0.1, -0.05) is 0 Å². The van der Waals surface area contributed by atoms with E-state index in [2.05, 4.69) is 10.1 Å². The van der Waals surface area contributed by atoms with Gasteiger partial charge < -0.3 is 15.2 Å². The van der Waals surface area contributed by atoms with Crippen LogP contribution in [-0.2, 0) is 9.53 Å². The lowest BCUT2D eigenvalue weighted by molar-refractivity contribution is -0.142. The predicted octanol–water partition coefficient (Wildman–Crippen LogP) is 1.08. The summed E-state index contributed by atoms with van der Waals surface area (Å²) in [5.41, 5.74) is 0. The average molecular weight is 215 g/mol. The summed E-state index contributed by atoms with van der Waals surface area (Å²) in [5.74, 6) is -0.398. The number of nitrogens with one attached hydrogen (secondary N) is 1. The molecule has 2 N–H and O–H groups in total. The zero-order valence-electron chi connectivity index (χ0n) is 7.90. The van der Waals surface area contributed by atoms with E-state index in [0.29, 0.717) is 6.54 Å². The maximum absolute atomic E-state index is 10.8. The summed E-state index contributed by atoms with van der Waals surface area (Å²) in [5, 5.41) is 15.3. The molecule has 0 saturated carbocycles. The summed E-state index contributed by atoms with van der Waals surface area (Å²) in [6.07, 6.45) is -0.681. The third kappa shape index (κ3) is 3.76. The molecule has 1 aromatic rings. The van der Waals surface area contributed by atoms with Crippen molar-refractivity contribution in [3.63, 3.8) is 0 Å². The van der Waals surface area contributed by atoms with Gasteiger partial charge in [0.2, 0.25) is 0 Å². The van der Waals surface area contributed by atoms with Gasteiger partial charge in [-0.15, -0.1) is 11.3 Å². The first-order valence-electron chi connectivity index (χ1n) is 4.24. The van der Waals surface area contributed by atoms with Gasteiger partial charge in [0.15, 0.2) is 0 Å². The van der Waals surface area contributed by atoms with Gasteiger partial charge in [0.1, 0.15) is 0 Å². The highest BCUT2D eigenvalue weighted by atomic mass is 32.1. The fourth-order valence-corrected chi connectivity index (χ4v) is 1.57. The number of hydrogen-bond donors (Lipinski definition) is 2. The number of aliphatic hydroxyl groups excluding tert-OH is 1. The van der Waals surface area contributed by atoms with Gasteiger partial charge in [-0.3, -0.25) is 4.79 Å². The van der Waals surface area contributed by atoms with Crippen LogP contribution in [0.4, 0.5) is 5.00 Å². The van der Waals surface area contributed by atoms with Gasteiger partial charge >= 0.3 is 5.97 Å². The third-order valence-corrected chi connectivity index (χ3v) is 2.49.